The number of nitrogens with zero attached hydrogens (tertiary/aromatic N) is 3. The highest BCUT2D eigenvalue weighted by molar-refractivity contribution is 14.1. The number of tetrazole rings is 1. The minimum atomic E-state index is 0.482. The predicted octanol–water partition coefficient (Wildman–Crippen LogP) is 3.37. The van der Waals surface area contributed by atoms with Gasteiger partial charge < -0.3 is 9.47 Å². The fourth-order valence-corrected chi connectivity index (χ4v) is 2.99. The topological polar surface area (TPSA) is 72.9 Å². The summed E-state index contributed by atoms with van der Waals surface area (Å²) in [6, 6.07) is 12.0. The molecule has 1 aromatic heterocycles. The molecule has 0 bridgehead atoms. The number of nitrogens with one attached hydrogen (secondary N) is 1. The molecule has 1 N–H and O–H groups in total. The Labute approximate surface area is 147 Å². The van der Waals surface area contributed by atoms with Gasteiger partial charge in [-0.3, -0.25) is 0 Å². The summed E-state index contributed by atoms with van der Waals surface area (Å²) in [5.41, 5.74) is 3.15. The molecule has 0 atom stereocenters. The van der Waals surface area contributed by atoms with E-state index < -0.39 is 0 Å². The fourth-order valence-electron chi connectivity index (χ4n) is 2.23. The lowest BCUT2D eigenvalue weighted by molar-refractivity contribution is 0.282. The quantitative estimate of drug-likeness (QED) is 0.639. The average Bonchev–Trinajstić information content (AvgIpc) is 3.07. The SMILES string of the molecule is COc1cc(-c2nn[nH]n2)cc(I)c1OCc1cccc(C)c1. The van der Waals surface area contributed by atoms with Crippen LogP contribution >= 0.6 is 22.6 Å². The first-order valence-electron chi connectivity index (χ1n) is 6.97. The van der Waals surface area contributed by atoms with Crippen LogP contribution in [0.5, 0.6) is 11.5 Å². The van der Waals surface area contributed by atoms with Crippen molar-refractivity contribution in [1.29, 1.82) is 0 Å². The monoisotopic (exact) mass is 422 g/mol. The molecular formula is C16H15IN4O2. The largest absolute Gasteiger partial charge is 0.493 e. The summed E-state index contributed by atoms with van der Waals surface area (Å²) in [6.45, 7) is 2.54. The second-order valence-electron chi connectivity index (χ2n) is 5.00. The first-order valence-corrected chi connectivity index (χ1v) is 8.05. The van der Waals surface area contributed by atoms with Crippen molar-refractivity contribution in [3.8, 4) is 22.9 Å². The van der Waals surface area contributed by atoms with Gasteiger partial charge in [-0.2, -0.15) is 5.21 Å². The molecule has 6 nitrogen and oxygen atoms in total. The maximum Gasteiger partial charge on any atom is 0.204 e. The van der Waals surface area contributed by atoms with Gasteiger partial charge in [-0.15, -0.1) is 10.2 Å². The molecule has 0 aliphatic rings. The Balaban J connectivity index is 1.87. The molecule has 0 unspecified atom stereocenters. The molecule has 0 aliphatic heterocycles. The van der Waals surface area contributed by atoms with Gasteiger partial charge in [0.2, 0.25) is 5.82 Å². The fraction of sp³-hybridized carbons (Fsp3) is 0.188. The zero-order valence-electron chi connectivity index (χ0n) is 12.7. The van der Waals surface area contributed by atoms with Crippen molar-refractivity contribution in [2.45, 2.75) is 13.5 Å². The van der Waals surface area contributed by atoms with Gasteiger partial charge in [0, 0.05) is 5.56 Å². The molecule has 0 saturated heterocycles. The Kier molecular flexibility index (Phi) is 4.75. The van der Waals surface area contributed by atoms with Crippen molar-refractivity contribution < 1.29 is 9.47 Å². The van der Waals surface area contributed by atoms with Gasteiger partial charge in [0.05, 0.1) is 10.7 Å². The van der Waals surface area contributed by atoms with Crippen LogP contribution in [0.2, 0.25) is 0 Å². The summed E-state index contributed by atoms with van der Waals surface area (Å²) in [4.78, 5) is 0. The third-order valence-corrected chi connectivity index (χ3v) is 4.10. The number of H-pyrrole nitrogens is 1. The molecule has 1 heterocycles. The molecule has 3 aromatic rings. The summed E-state index contributed by atoms with van der Waals surface area (Å²) >= 11 is 2.22. The molecule has 0 saturated carbocycles. The molecule has 0 spiro atoms. The van der Waals surface area contributed by atoms with E-state index in [0.29, 0.717) is 23.9 Å². The second-order valence-corrected chi connectivity index (χ2v) is 6.16. The second kappa shape index (κ2) is 6.95. The number of hydrogen-bond donors (Lipinski definition) is 1. The van der Waals surface area contributed by atoms with Crippen molar-refractivity contribution in [2.75, 3.05) is 7.11 Å². The Morgan fingerprint density at radius 3 is 2.78 bits per heavy atom. The van der Waals surface area contributed by atoms with Crippen LogP contribution in [0.4, 0.5) is 0 Å². The minimum absolute atomic E-state index is 0.482. The van der Waals surface area contributed by atoms with Crippen LogP contribution in [0.3, 0.4) is 0 Å². The van der Waals surface area contributed by atoms with Gasteiger partial charge >= 0.3 is 0 Å². The van der Waals surface area contributed by atoms with Crippen LogP contribution in [0.15, 0.2) is 36.4 Å². The molecule has 0 aliphatic carbocycles. The highest BCUT2D eigenvalue weighted by atomic mass is 127. The summed E-state index contributed by atoms with van der Waals surface area (Å²) in [7, 11) is 1.62. The van der Waals surface area contributed by atoms with E-state index in [9.17, 15) is 0 Å². The Hall–Kier alpha value is -2.16. The first-order chi connectivity index (χ1) is 11.2. The molecule has 0 radical (unpaired) electrons. The van der Waals surface area contributed by atoms with E-state index in [2.05, 4.69) is 62.3 Å². The number of ether oxygens (including phenoxy) is 2. The van der Waals surface area contributed by atoms with E-state index in [1.807, 2.05) is 24.3 Å². The lowest BCUT2D eigenvalue weighted by Gasteiger charge is -2.14. The molecule has 0 amide bonds. The van der Waals surface area contributed by atoms with Crippen LogP contribution in [-0.4, -0.2) is 27.7 Å². The molecule has 0 fully saturated rings. The number of methoxy groups -OCH3 is 1. The third kappa shape index (κ3) is 3.61. The van der Waals surface area contributed by atoms with Crippen LogP contribution < -0.4 is 9.47 Å². The smallest absolute Gasteiger partial charge is 0.204 e. The normalized spacial score (nSPS) is 10.6. The van der Waals surface area contributed by atoms with Crippen LogP contribution in [-0.2, 0) is 6.61 Å². The first kappa shape index (κ1) is 15.7. The lowest BCUT2D eigenvalue weighted by atomic mass is 10.1. The number of aryl methyl sites for hydroxylation is 1. The molecule has 23 heavy (non-hydrogen) atoms. The van der Waals surface area contributed by atoms with Gasteiger partial charge in [-0.1, -0.05) is 29.8 Å². The minimum Gasteiger partial charge on any atom is -0.493 e. The van der Waals surface area contributed by atoms with Crippen LogP contribution in [0.25, 0.3) is 11.4 Å². The van der Waals surface area contributed by atoms with Crippen molar-refractivity contribution in [3.63, 3.8) is 0 Å². The molecule has 118 valence electrons. The number of halogens is 1. The van der Waals surface area contributed by atoms with E-state index in [4.69, 9.17) is 9.47 Å². The standard InChI is InChI=1S/C16H15IN4O2/c1-10-4-3-5-11(6-10)9-23-15-13(17)7-12(8-14(15)22-2)16-18-20-21-19-16/h3-8H,9H2,1-2H3,(H,18,19,20,21). The van der Waals surface area contributed by atoms with E-state index in [0.717, 1.165) is 14.7 Å². The van der Waals surface area contributed by atoms with Gasteiger partial charge in [0.25, 0.3) is 0 Å². The van der Waals surface area contributed by atoms with Gasteiger partial charge in [0.15, 0.2) is 11.5 Å². The van der Waals surface area contributed by atoms with E-state index >= 15 is 0 Å². The van der Waals surface area contributed by atoms with E-state index in [1.165, 1.54) is 5.56 Å². The molecule has 7 heteroatoms. The van der Waals surface area contributed by atoms with E-state index in [-0.39, 0.29) is 0 Å². The van der Waals surface area contributed by atoms with Crippen LogP contribution in [0, 0.1) is 10.5 Å². The maximum absolute atomic E-state index is 5.98. The van der Waals surface area contributed by atoms with Crippen molar-refractivity contribution in [1.82, 2.24) is 20.6 Å². The van der Waals surface area contributed by atoms with Gasteiger partial charge in [-0.05, 0) is 52.4 Å². The molecule has 2 aromatic carbocycles. The highest BCUT2D eigenvalue weighted by Crippen LogP contribution is 2.36. The molecule has 3 rings (SSSR count). The number of aromatic nitrogens is 4. The zero-order chi connectivity index (χ0) is 16.2. The van der Waals surface area contributed by atoms with Crippen molar-refractivity contribution in [3.05, 3.63) is 51.1 Å². The summed E-state index contributed by atoms with van der Waals surface area (Å²) in [6.07, 6.45) is 0. The van der Waals surface area contributed by atoms with Gasteiger partial charge in [0.1, 0.15) is 6.61 Å². The van der Waals surface area contributed by atoms with Gasteiger partial charge in [-0.25, -0.2) is 0 Å². The number of rotatable bonds is 5. The van der Waals surface area contributed by atoms with Crippen molar-refractivity contribution >= 4 is 22.6 Å². The molecular weight excluding hydrogens is 407 g/mol. The highest BCUT2D eigenvalue weighted by Gasteiger charge is 2.14. The predicted molar refractivity (Wildman–Crippen MR) is 94.4 cm³/mol. The summed E-state index contributed by atoms with van der Waals surface area (Å²) < 4.78 is 12.4. The number of hydrogen-bond acceptors (Lipinski definition) is 5. The third-order valence-electron chi connectivity index (χ3n) is 3.30. The van der Waals surface area contributed by atoms with E-state index in [1.54, 1.807) is 7.11 Å². The number of benzene rings is 2. The van der Waals surface area contributed by atoms with Crippen LogP contribution in [0.1, 0.15) is 11.1 Å². The maximum atomic E-state index is 5.98. The average molecular weight is 422 g/mol. The Morgan fingerprint density at radius 2 is 2.09 bits per heavy atom. The Bertz CT molecular complexity index is 806. The van der Waals surface area contributed by atoms with Crippen molar-refractivity contribution in [2.24, 2.45) is 0 Å². The summed E-state index contributed by atoms with van der Waals surface area (Å²) in [5.74, 6) is 1.87. The summed E-state index contributed by atoms with van der Waals surface area (Å²) in [5, 5.41) is 14.0. The lowest BCUT2D eigenvalue weighted by Crippen LogP contribution is -2.00. The number of aromatic amines is 1. The Morgan fingerprint density at radius 1 is 1.22 bits per heavy atom. The zero-order valence-corrected chi connectivity index (χ0v) is 14.9.